The molecule has 1 aliphatic heterocycles. The van der Waals surface area contributed by atoms with E-state index in [1.807, 2.05) is 5.38 Å². The Labute approximate surface area is 185 Å². The number of thioether (sulfide) groups is 1. The van der Waals surface area contributed by atoms with Gasteiger partial charge in [-0.15, -0.1) is 21.5 Å². The number of halogens is 1. The number of ether oxygens (including phenoxy) is 1. The number of anilines is 3. The summed E-state index contributed by atoms with van der Waals surface area (Å²) in [4.78, 5) is 18.0. The molecule has 1 saturated heterocycles. The Morgan fingerprint density at radius 1 is 1.40 bits per heavy atom. The van der Waals surface area contributed by atoms with Crippen LogP contribution in [0.1, 0.15) is 25.5 Å². The van der Waals surface area contributed by atoms with Gasteiger partial charge in [-0.1, -0.05) is 35.2 Å². The number of thiazole rings is 1. The van der Waals surface area contributed by atoms with Crippen LogP contribution >= 0.6 is 34.4 Å². The molecule has 0 spiro atoms. The van der Waals surface area contributed by atoms with Gasteiger partial charge in [0, 0.05) is 31.2 Å². The standard InChI is InChI=1S/C19H20FN5O2S3/c1-12(26)25(16-7-3-2-6-15(16)20)18-22-13(10-28-18)11-29-19-24-23-17(30-19)21-9-14-5-4-8-27-14/h2-3,6-7,10,14H,4-5,8-9,11H2,1H3,(H,21,23)/t14-/m0/s1. The number of para-hydroxylation sites is 1. The summed E-state index contributed by atoms with van der Waals surface area (Å²) in [6.45, 7) is 2.97. The summed E-state index contributed by atoms with van der Waals surface area (Å²) in [5, 5.41) is 14.7. The number of carbonyl (C=O) groups excluding carboxylic acids is 1. The minimum atomic E-state index is -0.462. The molecule has 158 valence electrons. The van der Waals surface area contributed by atoms with Crippen molar-refractivity contribution in [3.63, 3.8) is 0 Å². The maximum absolute atomic E-state index is 14.2. The van der Waals surface area contributed by atoms with Crippen molar-refractivity contribution in [2.75, 3.05) is 23.4 Å². The summed E-state index contributed by atoms with van der Waals surface area (Å²) in [6.07, 6.45) is 2.43. The summed E-state index contributed by atoms with van der Waals surface area (Å²) in [5.74, 6) is -0.171. The lowest BCUT2D eigenvalue weighted by atomic mass is 10.2. The molecule has 11 heteroatoms. The highest BCUT2D eigenvalue weighted by Gasteiger charge is 2.21. The topological polar surface area (TPSA) is 80.2 Å². The second kappa shape index (κ2) is 9.82. The molecule has 3 aromatic rings. The fourth-order valence-corrected chi connectivity index (χ4v) is 5.62. The first-order valence-electron chi connectivity index (χ1n) is 9.41. The van der Waals surface area contributed by atoms with Crippen molar-refractivity contribution >= 4 is 56.3 Å². The van der Waals surface area contributed by atoms with Crippen molar-refractivity contribution in [1.82, 2.24) is 15.2 Å². The Hall–Kier alpha value is -2.08. The van der Waals surface area contributed by atoms with Gasteiger partial charge in [0.15, 0.2) is 9.47 Å². The molecule has 1 amide bonds. The van der Waals surface area contributed by atoms with Crippen LogP contribution in [0, 0.1) is 5.82 Å². The van der Waals surface area contributed by atoms with E-state index in [0.717, 1.165) is 41.2 Å². The van der Waals surface area contributed by atoms with Crippen LogP contribution < -0.4 is 10.2 Å². The van der Waals surface area contributed by atoms with Gasteiger partial charge in [0.05, 0.1) is 17.5 Å². The molecular formula is C19H20FN5O2S3. The van der Waals surface area contributed by atoms with E-state index < -0.39 is 5.82 Å². The quantitative estimate of drug-likeness (QED) is 0.483. The zero-order valence-corrected chi connectivity index (χ0v) is 18.7. The molecule has 0 aliphatic carbocycles. The highest BCUT2D eigenvalue weighted by Crippen LogP contribution is 2.33. The molecule has 30 heavy (non-hydrogen) atoms. The Kier molecular flexibility index (Phi) is 6.93. The zero-order chi connectivity index (χ0) is 20.9. The van der Waals surface area contributed by atoms with E-state index in [2.05, 4.69) is 20.5 Å². The number of benzene rings is 1. The maximum atomic E-state index is 14.2. The lowest BCUT2D eigenvalue weighted by Crippen LogP contribution is -2.23. The summed E-state index contributed by atoms with van der Waals surface area (Å²) in [5.41, 5.74) is 0.997. The number of hydrogen-bond acceptors (Lipinski definition) is 9. The number of carbonyl (C=O) groups is 1. The zero-order valence-electron chi connectivity index (χ0n) is 16.2. The van der Waals surface area contributed by atoms with Crippen LogP contribution in [-0.4, -0.2) is 40.3 Å². The fraction of sp³-hybridized carbons (Fsp3) is 0.368. The molecule has 1 N–H and O–H groups in total. The van der Waals surface area contributed by atoms with E-state index in [1.165, 1.54) is 52.3 Å². The second-order valence-corrected chi connectivity index (χ2v) is 9.64. The number of amides is 1. The van der Waals surface area contributed by atoms with Crippen LogP contribution in [-0.2, 0) is 15.3 Å². The molecule has 1 aromatic carbocycles. The van der Waals surface area contributed by atoms with Gasteiger partial charge >= 0.3 is 0 Å². The molecule has 7 nitrogen and oxygen atoms in total. The first-order valence-corrected chi connectivity index (χ1v) is 12.1. The summed E-state index contributed by atoms with van der Waals surface area (Å²) in [6, 6.07) is 6.18. The highest BCUT2D eigenvalue weighted by molar-refractivity contribution is 8.00. The maximum Gasteiger partial charge on any atom is 0.230 e. The Morgan fingerprint density at radius 2 is 2.27 bits per heavy atom. The van der Waals surface area contributed by atoms with Gasteiger partial charge in [-0.25, -0.2) is 9.37 Å². The first kappa shape index (κ1) is 21.2. The van der Waals surface area contributed by atoms with Gasteiger partial charge < -0.3 is 10.1 Å². The van der Waals surface area contributed by atoms with Gasteiger partial charge in [-0.05, 0) is 25.0 Å². The predicted octanol–water partition coefficient (Wildman–Crippen LogP) is 4.70. The van der Waals surface area contributed by atoms with Gasteiger partial charge in [0.1, 0.15) is 5.82 Å². The molecule has 1 fully saturated rings. The lowest BCUT2D eigenvalue weighted by molar-refractivity contribution is -0.115. The molecule has 0 radical (unpaired) electrons. The van der Waals surface area contributed by atoms with Crippen molar-refractivity contribution in [3.8, 4) is 0 Å². The van der Waals surface area contributed by atoms with Crippen molar-refractivity contribution in [2.24, 2.45) is 0 Å². The van der Waals surface area contributed by atoms with Crippen LogP contribution in [0.3, 0.4) is 0 Å². The van der Waals surface area contributed by atoms with E-state index >= 15 is 0 Å². The second-order valence-electron chi connectivity index (χ2n) is 6.60. The number of nitrogens with zero attached hydrogens (tertiary/aromatic N) is 4. The Balaban J connectivity index is 1.36. The van der Waals surface area contributed by atoms with Gasteiger partial charge in [-0.2, -0.15) is 0 Å². The molecule has 0 bridgehead atoms. The first-order chi connectivity index (χ1) is 14.6. The van der Waals surface area contributed by atoms with E-state index in [9.17, 15) is 9.18 Å². The Morgan fingerprint density at radius 3 is 3.03 bits per heavy atom. The molecule has 0 unspecified atom stereocenters. The van der Waals surface area contributed by atoms with E-state index in [-0.39, 0.29) is 17.7 Å². The summed E-state index contributed by atoms with van der Waals surface area (Å²) < 4.78 is 20.6. The van der Waals surface area contributed by atoms with E-state index in [0.29, 0.717) is 10.9 Å². The largest absolute Gasteiger partial charge is 0.376 e. The van der Waals surface area contributed by atoms with Crippen LogP contribution in [0.5, 0.6) is 0 Å². The average Bonchev–Trinajstić information content (AvgIpc) is 3.49. The highest BCUT2D eigenvalue weighted by atomic mass is 32.2. The van der Waals surface area contributed by atoms with E-state index in [4.69, 9.17) is 4.74 Å². The third-order valence-electron chi connectivity index (χ3n) is 4.39. The van der Waals surface area contributed by atoms with Crippen molar-refractivity contribution in [1.29, 1.82) is 0 Å². The average molecular weight is 466 g/mol. The third kappa shape index (κ3) is 5.15. The van der Waals surface area contributed by atoms with E-state index in [1.54, 1.807) is 18.2 Å². The van der Waals surface area contributed by atoms with Crippen LogP contribution in [0.15, 0.2) is 34.0 Å². The number of aromatic nitrogens is 3. The van der Waals surface area contributed by atoms with Crippen LogP contribution in [0.25, 0.3) is 0 Å². The predicted molar refractivity (Wildman–Crippen MR) is 118 cm³/mol. The van der Waals surface area contributed by atoms with Crippen LogP contribution in [0.4, 0.5) is 20.3 Å². The fourth-order valence-electron chi connectivity index (χ4n) is 2.99. The van der Waals surface area contributed by atoms with Gasteiger partial charge in [0.2, 0.25) is 11.0 Å². The van der Waals surface area contributed by atoms with Crippen molar-refractivity contribution in [2.45, 2.75) is 36.0 Å². The molecule has 1 aliphatic rings. The van der Waals surface area contributed by atoms with Gasteiger partial charge in [0.25, 0.3) is 0 Å². The molecule has 1 atom stereocenters. The monoisotopic (exact) mass is 465 g/mol. The smallest absolute Gasteiger partial charge is 0.230 e. The van der Waals surface area contributed by atoms with Crippen molar-refractivity contribution in [3.05, 3.63) is 41.2 Å². The third-order valence-corrected chi connectivity index (χ3v) is 7.32. The molecule has 2 aromatic heterocycles. The van der Waals surface area contributed by atoms with Crippen molar-refractivity contribution < 1.29 is 13.9 Å². The molecule has 3 heterocycles. The SMILES string of the molecule is CC(=O)N(c1nc(CSc2nnc(NC[C@@H]3CCCO3)s2)cs1)c1ccccc1F. The minimum Gasteiger partial charge on any atom is -0.376 e. The molecular weight excluding hydrogens is 445 g/mol. The molecule has 4 rings (SSSR count). The van der Waals surface area contributed by atoms with Crippen LogP contribution in [0.2, 0.25) is 0 Å². The van der Waals surface area contributed by atoms with Gasteiger partial charge in [-0.3, -0.25) is 9.69 Å². The molecule has 0 saturated carbocycles. The number of nitrogens with one attached hydrogen (secondary N) is 1. The summed E-state index contributed by atoms with van der Waals surface area (Å²) in [7, 11) is 0. The number of rotatable bonds is 8. The minimum absolute atomic E-state index is 0.199. The normalized spacial score (nSPS) is 16.0. The lowest BCUT2D eigenvalue weighted by Gasteiger charge is -2.18. The summed E-state index contributed by atoms with van der Waals surface area (Å²) >= 11 is 4.32. The number of hydrogen-bond donors (Lipinski definition) is 1. The Bertz CT molecular complexity index is 1010.